The van der Waals surface area contributed by atoms with E-state index in [1.54, 1.807) is 0 Å². The molecule has 12 aromatic rings. The van der Waals surface area contributed by atoms with E-state index in [4.69, 9.17) is 0 Å². The van der Waals surface area contributed by atoms with Gasteiger partial charge in [0.1, 0.15) is 0 Å². The van der Waals surface area contributed by atoms with Gasteiger partial charge in [0.05, 0.1) is 16.7 Å². The van der Waals surface area contributed by atoms with Crippen molar-refractivity contribution >= 4 is 77.1 Å². The molecule has 0 saturated carbocycles. The number of benzene rings is 10. The fourth-order valence-electron chi connectivity index (χ4n) is 11.9. The number of aromatic nitrogens is 1. The minimum Gasteiger partial charge on any atom is -0.310 e. The Bertz CT molecular complexity index is 4190. The van der Waals surface area contributed by atoms with Crippen LogP contribution >= 0.6 is 11.3 Å². The van der Waals surface area contributed by atoms with Crippen molar-refractivity contribution in [3.05, 3.63) is 246 Å². The van der Waals surface area contributed by atoms with Crippen LogP contribution in [-0.2, 0) is 17.3 Å². The number of rotatable bonds is 8. The molecule has 1 aliphatic carbocycles. The van der Waals surface area contributed by atoms with E-state index < -0.39 is 0 Å². The molecule has 3 heteroatoms. The lowest BCUT2D eigenvalue weighted by Gasteiger charge is -2.29. The molecule has 2 heterocycles. The third kappa shape index (κ3) is 8.26. The van der Waals surface area contributed by atoms with Crippen LogP contribution in [0.1, 0.15) is 70.0 Å². The van der Waals surface area contributed by atoms with Crippen LogP contribution in [-0.4, -0.2) is 4.57 Å². The van der Waals surface area contributed by atoms with Crippen molar-refractivity contribution in [3.8, 4) is 50.2 Å². The van der Waals surface area contributed by atoms with Gasteiger partial charge in [-0.15, -0.1) is 11.3 Å². The van der Waals surface area contributed by atoms with Crippen molar-refractivity contribution in [2.45, 2.75) is 65.7 Å². The molecule has 76 heavy (non-hydrogen) atoms. The van der Waals surface area contributed by atoms with E-state index in [1.807, 2.05) is 11.3 Å². The lowest BCUT2D eigenvalue weighted by atomic mass is 9.78. The number of hydrogen-bond acceptors (Lipinski definition) is 2. The van der Waals surface area contributed by atoms with E-state index in [0.717, 1.165) is 34.7 Å². The third-order valence-electron chi connectivity index (χ3n) is 15.8. The molecule has 0 radical (unpaired) electrons. The molecule has 1 unspecified atom stereocenters. The van der Waals surface area contributed by atoms with Crippen LogP contribution in [0.15, 0.2) is 224 Å². The van der Waals surface area contributed by atoms with Gasteiger partial charge in [-0.1, -0.05) is 218 Å². The number of allylic oxidation sites excluding steroid dienone is 1. The summed E-state index contributed by atoms with van der Waals surface area (Å²) in [5.74, 6) is 0.520. The highest BCUT2D eigenvalue weighted by atomic mass is 32.1. The number of hydrogen-bond donors (Lipinski definition) is 0. The first kappa shape index (κ1) is 47.5. The average molecular weight is 999 g/mol. The van der Waals surface area contributed by atoms with Crippen molar-refractivity contribution in [1.82, 2.24) is 4.57 Å². The summed E-state index contributed by atoms with van der Waals surface area (Å²) in [5, 5.41) is 6.36. The molecule has 370 valence electrons. The highest BCUT2D eigenvalue weighted by molar-refractivity contribution is 7.20. The standard InChI is InChI=1S/C73H62N2S/c1-47-36-41-67-64(42-47)70-57(29-19-35-68(70)76-67)48-37-39-55(40-38-48)74(56-25-15-22-50(45-56)59-30-18-32-63-61-27-12-14-34-66(61)75(71(59)63)54-23-9-8-10-24-54)65-33-13-11-26-60(65)62-31-17-21-49-20-16-28-58(69(49)62)51-43-52(72(2,3)4)46-53(44-51)73(5,6)7/h8-41,43-47H,42H2,1-7H3. The van der Waals surface area contributed by atoms with Crippen molar-refractivity contribution in [1.29, 1.82) is 0 Å². The molecule has 0 N–H and O–H groups in total. The maximum absolute atomic E-state index is 2.49. The Morgan fingerprint density at radius 3 is 1.86 bits per heavy atom. The Hall–Kier alpha value is -8.24. The Balaban J connectivity index is 1.03. The summed E-state index contributed by atoms with van der Waals surface area (Å²) in [6.07, 6.45) is 5.78. The van der Waals surface area contributed by atoms with Gasteiger partial charge in [-0.05, 0) is 145 Å². The Morgan fingerprint density at radius 1 is 0.474 bits per heavy atom. The molecular weight excluding hydrogens is 937 g/mol. The molecule has 0 bridgehead atoms. The first-order chi connectivity index (χ1) is 36.9. The van der Waals surface area contributed by atoms with Gasteiger partial charge < -0.3 is 9.47 Å². The fourth-order valence-corrected chi connectivity index (χ4v) is 13.1. The summed E-state index contributed by atoms with van der Waals surface area (Å²) < 4.78 is 3.80. The van der Waals surface area contributed by atoms with E-state index >= 15 is 0 Å². The van der Waals surface area contributed by atoms with Crippen LogP contribution in [0, 0.1) is 5.92 Å². The smallest absolute Gasteiger partial charge is 0.0619 e. The van der Waals surface area contributed by atoms with Gasteiger partial charge in [-0.3, -0.25) is 0 Å². The molecule has 0 amide bonds. The van der Waals surface area contributed by atoms with Crippen LogP contribution in [0.4, 0.5) is 17.1 Å². The number of fused-ring (bicyclic) bond motifs is 7. The number of thiophene rings is 1. The zero-order valence-electron chi connectivity index (χ0n) is 44.5. The predicted octanol–water partition coefficient (Wildman–Crippen LogP) is 21.1. The lowest BCUT2D eigenvalue weighted by Crippen LogP contribution is -2.16. The molecule has 2 nitrogen and oxygen atoms in total. The van der Waals surface area contributed by atoms with Crippen molar-refractivity contribution in [2.24, 2.45) is 5.92 Å². The van der Waals surface area contributed by atoms with Crippen molar-refractivity contribution in [2.75, 3.05) is 4.90 Å². The van der Waals surface area contributed by atoms with Crippen LogP contribution in [0.3, 0.4) is 0 Å². The van der Waals surface area contributed by atoms with Gasteiger partial charge in [-0.25, -0.2) is 0 Å². The van der Waals surface area contributed by atoms with Gasteiger partial charge in [0.2, 0.25) is 0 Å². The molecule has 0 fully saturated rings. The normalized spacial score (nSPS) is 13.8. The maximum atomic E-state index is 2.49. The van der Waals surface area contributed by atoms with E-state index in [2.05, 4.69) is 288 Å². The summed E-state index contributed by atoms with van der Waals surface area (Å²) in [6, 6.07) is 81.9. The average Bonchev–Trinajstić information content (AvgIpc) is 3.99. The molecule has 0 spiro atoms. The van der Waals surface area contributed by atoms with Gasteiger partial charge in [0.25, 0.3) is 0 Å². The summed E-state index contributed by atoms with van der Waals surface area (Å²) in [4.78, 5) is 3.89. The SMILES string of the molecule is CC1C=Cc2sc3cccc(-c4ccc(N(c5cccc(-c6cccc7c8ccccc8n(-c8ccccc8)c67)c5)c5ccccc5-c5cccc6cccc(-c7cc(C(C)(C)C)cc(C(C)(C)C)c7)c56)cc4)c3c2C1. The molecule has 2 aromatic heterocycles. The second-order valence-electron chi connectivity index (χ2n) is 23.0. The number of nitrogens with zero attached hydrogens (tertiary/aromatic N) is 2. The summed E-state index contributed by atoms with van der Waals surface area (Å²) >= 11 is 1.92. The Kier molecular flexibility index (Phi) is 11.6. The van der Waals surface area contributed by atoms with Crippen molar-refractivity contribution in [3.63, 3.8) is 0 Å². The van der Waals surface area contributed by atoms with E-state index in [9.17, 15) is 0 Å². The highest BCUT2D eigenvalue weighted by Crippen LogP contribution is 2.48. The van der Waals surface area contributed by atoms with Crippen LogP contribution in [0.25, 0.3) is 98.9 Å². The third-order valence-corrected chi connectivity index (χ3v) is 17.0. The van der Waals surface area contributed by atoms with Crippen LogP contribution in [0.2, 0.25) is 0 Å². The molecule has 1 atom stereocenters. The zero-order chi connectivity index (χ0) is 51.9. The molecule has 1 aliphatic rings. The van der Waals surface area contributed by atoms with Crippen LogP contribution < -0.4 is 4.90 Å². The quantitative estimate of drug-likeness (QED) is 0.147. The Labute approximate surface area is 451 Å². The van der Waals surface area contributed by atoms with Gasteiger partial charge in [0.15, 0.2) is 0 Å². The maximum Gasteiger partial charge on any atom is 0.0619 e. The minimum atomic E-state index is -0.0181. The molecule has 0 saturated heterocycles. The predicted molar refractivity (Wildman–Crippen MR) is 329 cm³/mol. The summed E-state index contributed by atoms with van der Waals surface area (Å²) in [7, 11) is 0. The van der Waals surface area contributed by atoms with Crippen LogP contribution in [0.5, 0.6) is 0 Å². The number of para-hydroxylation sites is 4. The number of anilines is 3. The monoisotopic (exact) mass is 998 g/mol. The Morgan fingerprint density at radius 2 is 1.09 bits per heavy atom. The largest absolute Gasteiger partial charge is 0.310 e. The second-order valence-corrected chi connectivity index (χ2v) is 24.1. The lowest BCUT2D eigenvalue weighted by molar-refractivity contribution is 0.569. The van der Waals surface area contributed by atoms with E-state index in [1.165, 1.54) is 103 Å². The molecular formula is C73H62N2S. The highest BCUT2D eigenvalue weighted by Gasteiger charge is 2.26. The first-order valence-electron chi connectivity index (χ1n) is 27.0. The zero-order valence-corrected chi connectivity index (χ0v) is 45.3. The molecule has 13 rings (SSSR count). The minimum absolute atomic E-state index is 0.0181. The summed E-state index contributed by atoms with van der Waals surface area (Å²) in [6.45, 7) is 16.3. The van der Waals surface area contributed by atoms with E-state index in [-0.39, 0.29) is 10.8 Å². The van der Waals surface area contributed by atoms with E-state index in [0.29, 0.717) is 5.92 Å². The summed E-state index contributed by atoms with van der Waals surface area (Å²) in [5.41, 5.74) is 20.7. The fraction of sp³-hybridized carbons (Fsp3) is 0.151. The first-order valence-corrected chi connectivity index (χ1v) is 27.8. The van der Waals surface area contributed by atoms with Gasteiger partial charge in [0, 0.05) is 53.9 Å². The topological polar surface area (TPSA) is 8.17 Å². The van der Waals surface area contributed by atoms with Gasteiger partial charge in [-0.2, -0.15) is 0 Å². The molecule has 10 aromatic carbocycles. The molecule has 0 aliphatic heterocycles. The van der Waals surface area contributed by atoms with Crippen molar-refractivity contribution < 1.29 is 0 Å². The van der Waals surface area contributed by atoms with Gasteiger partial charge >= 0.3 is 0 Å². The second kappa shape index (κ2) is 18.5.